The predicted octanol–water partition coefficient (Wildman–Crippen LogP) is 2.29. The first-order chi connectivity index (χ1) is 5.82. The molecule has 0 aromatic heterocycles. The standard InChI is InChI=1S/C8H12F4O/c1-4-2-5(9)7(6(13)3-4)8(10,11)12/h4-7,13H,2-3H2,1H3. The molecule has 0 amide bonds. The highest BCUT2D eigenvalue weighted by molar-refractivity contribution is 4.89. The van der Waals surface area contributed by atoms with Crippen LogP contribution in [0.25, 0.3) is 0 Å². The summed E-state index contributed by atoms with van der Waals surface area (Å²) in [7, 11) is 0. The van der Waals surface area contributed by atoms with Crippen molar-refractivity contribution < 1.29 is 22.7 Å². The summed E-state index contributed by atoms with van der Waals surface area (Å²) in [6.07, 6.45) is -8.25. The molecule has 0 aromatic rings. The second kappa shape index (κ2) is 3.44. The molecular formula is C8H12F4O. The van der Waals surface area contributed by atoms with E-state index in [-0.39, 0.29) is 18.8 Å². The van der Waals surface area contributed by atoms with Crippen molar-refractivity contribution in [3.8, 4) is 0 Å². The van der Waals surface area contributed by atoms with Gasteiger partial charge in [-0.05, 0) is 18.8 Å². The minimum atomic E-state index is -4.63. The van der Waals surface area contributed by atoms with E-state index in [9.17, 15) is 17.6 Å². The van der Waals surface area contributed by atoms with Crippen molar-refractivity contribution in [2.45, 2.75) is 38.2 Å². The molecule has 1 N–H and O–H groups in total. The lowest BCUT2D eigenvalue weighted by Crippen LogP contribution is -2.45. The van der Waals surface area contributed by atoms with Gasteiger partial charge in [-0.1, -0.05) is 6.92 Å². The van der Waals surface area contributed by atoms with Gasteiger partial charge in [0.15, 0.2) is 0 Å². The van der Waals surface area contributed by atoms with Gasteiger partial charge in [-0.2, -0.15) is 13.2 Å². The molecule has 0 saturated heterocycles. The highest BCUT2D eigenvalue weighted by Gasteiger charge is 2.52. The first-order valence-corrected chi connectivity index (χ1v) is 4.21. The summed E-state index contributed by atoms with van der Waals surface area (Å²) in [5.41, 5.74) is 0. The van der Waals surface area contributed by atoms with E-state index in [1.54, 1.807) is 6.92 Å². The van der Waals surface area contributed by atoms with E-state index in [2.05, 4.69) is 0 Å². The number of hydrogen-bond donors (Lipinski definition) is 1. The van der Waals surface area contributed by atoms with Crippen LogP contribution in [0.1, 0.15) is 19.8 Å². The summed E-state index contributed by atoms with van der Waals surface area (Å²) in [4.78, 5) is 0. The van der Waals surface area contributed by atoms with Crippen LogP contribution in [0.5, 0.6) is 0 Å². The first-order valence-electron chi connectivity index (χ1n) is 4.21. The lowest BCUT2D eigenvalue weighted by molar-refractivity contribution is -0.228. The van der Waals surface area contributed by atoms with Crippen LogP contribution < -0.4 is 0 Å². The van der Waals surface area contributed by atoms with Crippen LogP contribution in [-0.2, 0) is 0 Å². The Bertz CT molecular complexity index is 167. The maximum Gasteiger partial charge on any atom is 0.397 e. The van der Waals surface area contributed by atoms with E-state index in [1.807, 2.05) is 0 Å². The van der Waals surface area contributed by atoms with Gasteiger partial charge in [-0.3, -0.25) is 0 Å². The third-order valence-corrected chi connectivity index (χ3v) is 2.45. The molecule has 78 valence electrons. The summed E-state index contributed by atoms with van der Waals surface area (Å²) in [6.45, 7) is 1.64. The van der Waals surface area contributed by atoms with Gasteiger partial charge in [-0.25, -0.2) is 4.39 Å². The van der Waals surface area contributed by atoms with Gasteiger partial charge >= 0.3 is 6.18 Å². The fourth-order valence-electron chi connectivity index (χ4n) is 1.85. The van der Waals surface area contributed by atoms with E-state index in [0.717, 1.165) is 0 Å². The predicted molar refractivity (Wildman–Crippen MR) is 38.8 cm³/mol. The maximum atomic E-state index is 13.0. The Morgan fingerprint density at radius 2 is 1.77 bits per heavy atom. The Morgan fingerprint density at radius 3 is 2.15 bits per heavy atom. The van der Waals surface area contributed by atoms with Gasteiger partial charge in [0.05, 0.1) is 6.10 Å². The van der Waals surface area contributed by atoms with Gasteiger partial charge in [-0.15, -0.1) is 0 Å². The third kappa shape index (κ3) is 2.33. The van der Waals surface area contributed by atoms with E-state index in [4.69, 9.17) is 5.11 Å². The molecule has 5 heteroatoms. The lowest BCUT2D eigenvalue weighted by Gasteiger charge is -2.35. The molecular weight excluding hydrogens is 188 g/mol. The van der Waals surface area contributed by atoms with Crippen LogP contribution in [0.15, 0.2) is 0 Å². The lowest BCUT2D eigenvalue weighted by atomic mass is 9.79. The number of hydrogen-bond acceptors (Lipinski definition) is 1. The molecule has 1 rings (SSSR count). The van der Waals surface area contributed by atoms with E-state index in [1.165, 1.54) is 0 Å². The van der Waals surface area contributed by atoms with Gasteiger partial charge < -0.3 is 5.11 Å². The van der Waals surface area contributed by atoms with Crippen molar-refractivity contribution in [3.05, 3.63) is 0 Å². The van der Waals surface area contributed by atoms with E-state index >= 15 is 0 Å². The molecule has 1 aliphatic rings. The van der Waals surface area contributed by atoms with Gasteiger partial charge in [0, 0.05) is 0 Å². The summed E-state index contributed by atoms with van der Waals surface area (Å²) >= 11 is 0. The van der Waals surface area contributed by atoms with Gasteiger partial charge in [0.2, 0.25) is 0 Å². The second-order valence-electron chi connectivity index (χ2n) is 3.73. The molecule has 0 aliphatic heterocycles. The Morgan fingerprint density at radius 1 is 1.23 bits per heavy atom. The third-order valence-electron chi connectivity index (χ3n) is 2.45. The molecule has 1 saturated carbocycles. The number of rotatable bonds is 0. The van der Waals surface area contributed by atoms with E-state index < -0.39 is 24.4 Å². The summed E-state index contributed by atoms with van der Waals surface area (Å²) in [5.74, 6) is -2.37. The Kier molecular flexibility index (Phi) is 2.85. The molecule has 1 aliphatic carbocycles. The van der Waals surface area contributed by atoms with Crippen LogP contribution in [-0.4, -0.2) is 23.6 Å². The molecule has 0 bridgehead atoms. The maximum absolute atomic E-state index is 13.0. The highest BCUT2D eigenvalue weighted by Crippen LogP contribution is 2.41. The minimum Gasteiger partial charge on any atom is -0.392 e. The fourth-order valence-corrected chi connectivity index (χ4v) is 1.85. The molecule has 0 heterocycles. The van der Waals surface area contributed by atoms with Crippen LogP contribution >= 0.6 is 0 Å². The van der Waals surface area contributed by atoms with Gasteiger partial charge in [0.1, 0.15) is 12.1 Å². The van der Waals surface area contributed by atoms with Crippen LogP contribution in [0.4, 0.5) is 17.6 Å². The second-order valence-corrected chi connectivity index (χ2v) is 3.73. The van der Waals surface area contributed by atoms with Crippen molar-refractivity contribution in [3.63, 3.8) is 0 Å². The summed E-state index contributed by atoms with van der Waals surface area (Å²) < 4.78 is 49.5. The number of halogens is 4. The quantitative estimate of drug-likeness (QED) is 0.595. The highest BCUT2D eigenvalue weighted by atomic mass is 19.4. The molecule has 0 radical (unpaired) electrons. The van der Waals surface area contributed by atoms with Crippen LogP contribution in [0.2, 0.25) is 0 Å². The van der Waals surface area contributed by atoms with Gasteiger partial charge in [0.25, 0.3) is 0 Å². The van der Waals surface area contributed by atoms with Crippen molar-refractivity contribution in [1.29, 1.82) is 0 Å². The SMILES string of the molecule is CC1CC(O)C(C(F)(F)F)C(F)C1. The Hall–Kier alpha value is -0.320. The minimum absolute atomic E-state index is 0.0323. The summed E-state index contributed by atoms with van der Waals surface area (Å²) in [6, 6.07) is 0. The largest absolute Gasteiger partial charge is 0.397 e. The number of alkyl halides is 4. The average Bonchev–Trinajstić information content (AvgIpc) is 1.78. The molecule has 0 spiro atoms. The number of aliphatic hydroxyl groups is 1. The first kappa shape index (κ1) is 10.8. The van der Waals surface area contributed by atoms with Crippen molar-refractivity contribution in [1.82, 2.24) is 0 Å². The zero-order chi connectivity index (χ0) is 10.2. The van der Waals surface area contributed by atoms with Crippen molar-refractivity contribution in [2.75, 3.05) is 0 Å². The van der Waals surface area contributed by atoms with Crippen LogP contribution in [0.3, 0.4) is 0 Å². The monoisotopic (exact) mass is 200 g/mol. The van der Waals surface area contributed by atoms with Crippen LogP contribution in [0, 0.1) is 11.8 Å². The number of aliphatic hydroxyl groups excluding tert-OH is 1. The molecule has 1 nitrogen and oxygen atoms in total. The zero-order valence-electron chi connectivity index (χ0n) is 7.18. The molecule has 0 aromatic carbocycles. The average molecular weight is 200 g/mol. The fraction of sp³-hybridized carbons (Fsp3) is 1.00. The molecule has 4 atom stereocenters. The van der Waals surface area contributed by atoms with Crippen molar-refractivity contribution >= 4 is 0 Å². The Labute approximate surface area is 73.7 Å². The van der Waals surface area contributed by atoms with E-state index in [0.29, 0.717) is 0 Å². The molecule has 4 unspecified atom stereocenters. The zero-order valence-corrected chi connectivity index (χ0v) is 7.18. The van der Waals surface area contributed by atoms with Crippen molar-refractivity contribution in [2.24, 2.45) is 11.8 Å². The molecule has 1 fully saturated rings. The Balaban J connectivity index is 2.73. The topological polar surface area (TPSA) is 20.2 Å². The normalized spacial score (nSPS) is 42.0. The molecule has 13 heavy (non-hydrogen) atoms. The smallest absolute Gasteiger partial charge is 0.392 e. The summed E-state index contributed by atoms with van der Waals surface area (Å²) in [5, 5.41) is 9.09.